The van der Waals surface area contributed by atoms with E-state index in [9.17, 15) is 43.2 Å². The second kappa shape index (κ2) is 11.2. The zero-order valence-corrected chi connectivity index (χ0v) is 18.1. The predicted molar refractivity (Wildman–Crippen MR) is 96.2 cm³/mol. The molecule has 27 heavy (non-hydrogen) atoms. The number of alkyl halides is 6. The van der Waals surface area contributed by atoms with Crippen LogP contribution in [0.4, 0.5) is 26.3 Å². The van der Waals surface area contributed by atoms with Gasteiger partial charge in [-0.05, 0) is 27.2 Å². The van der Waals surface area contributed by atoms with Crippen molar-refractivity contribution in [2.75, 3.05) is 24.6 Å². The molecule has 0 radical (unpaired) electrons. The van der Waals surface area contributed by atoms with Crippen molar-refractivity contribution in [3.05, 3.63) is 4.13 Å². The van der Waals surface area contributed by atoms with Gasteiger partial charge < -0.3 is 4.13 Å². The molecule has 14 heteroatoms. The summed E-state index contributed by atoms with van der Waals surface area (Å²) in [7, 11) is -13.9. The first kappa shape index (κ1) is 29.1. The molecule has 0 saturated carbocycles. The molecule has 0 unspecified atom stereocenters. The lowest BCUT2D eigenvalue weighted by atomic mass is 10.3. The molecular weight excluding hydrogens is 443 g/mol. The van der Waals surface area contributed by atoms with E-state index < -0.39 is 38.3 Å². The standard InChI is InChI=1S/C11H26P.C2F6NO4S2/c1-5-9-10-11-12(6-2,7-3)8-4;3-1(4,5)14(10,11)9-15(12,13)2(6,7)8/h5-11H2,1-4H3;/q+1;-1. The fourth-order valence-electron chi connectivity index (χ4n) is 2.06. The van der Waals surface area contributed by atoms with Crippen LogP contribution in [0.5, 0.6) is 0 Å². The second-order valence-corrected chi connectivity index (χ2v) is 14.1. The number of unbranched alkanes of at least 4 members (excludes halogenated alkanes) is 2. The van der Waals surface area contributed by atoms with Gasteiger partial charge in [0.15, 0.2) is 20.0 Å². The van der Waals surface area contributed by atoms with Gasteiger partial charge in [-0.2, -0.15) is 26.3 Å². The number of halogens is 6. The van der Waals surface area contributed by atoms with Gasteiger partial charge in [-0.3, -0.25) is 0 Å². The quantitative estimate of drug-likeness (QED) is 0.260. The highest BCUT2D eigenvalue weighted by Crippen LogP contribution is 2.58. The largest absolute Gasteiger partial charge is 0.480 e. The van der Waals surface area contributed by atoms with Crippen LogP contribution in [-0.4, -0.2) is 52.5 Å². The van der Waals surface area contributed by atoms with E-state index in [-0.39, 0.29) is 0 Å². The zero-order chi connectivity index (χ0) is 22.2. The van der Waals surface area contributed by atoms with Gasteiger partial charge in [0, 0.05) is 7.26 Å². The van der Waals surface area contributed by atoms with Crippen molar-refractivity contribution in [1.82, 2.24) is 0 Å². The normalized spacial score (nSPS) is 13.9. The van der Waals surface area contributed by atoms with E-state index in [1.165, 1.54) is 37.7 Å². The molecule has 0 aliphatic heterocycles. The molecule has 0 aromatic heterocycles. The zero-order valence-electron chi connectivity index (χ0n) is 15.6. The summed E-state index contributed by atoms with van der Waals surface area (Å²) < 4.78 is 109. The Balaban J connectivity index is 0. The molecule has 0 spiro atoms. The average molecular weight is 469 g/mol. The van der Waals surface area contributed by atoms with Crippen LogP contribution >= 0.6 is 7.26 Å². The molecule has 0 rings (SSSR count). The van der Waals surface area contributed by atoms with Crippen LogP contribution in [-0.2, 0) is 20.0 Å². The molecule has 0 bridgehead atoms. The monoisotopic (exact) mass is 469 g/mol. The highest BCUT2D eigenvalue weighted by molar-refractivity contribution is 8.13. The highest BCUT2D eigenvalue weighted by atomic mass is 32.3. The van der Waals surface area contributed by atoms with Gasteiger partial charge in [0.05, 0.1) is 24.6 Å². The van der Waals surface area contributed by atoms with Crippen molar-refractivity contribution in [2.24, 2.45) is 0 Å². The Hall–Kier alpha value is -0.130. The molecule has 0 aromatic carbocycles. The minimum absolute atomic E-state index is 0.469. The number of nitrogens with zero attached hydrogens (tertiary/aromatic N) is 1. The van der Waals surface area contributed by atoms with Gasteiger partial charge >= 0.3 is 11.0 Å². The molecule has 0 atom stereocenters. The molecular formula is C13H26F6NO4PS2. The average Bonchev–Trinajstić information content (AvgIpc) is 2.50. The third-order valence-corrected chi connectivity index (χ3v) is 12.1. The Labute approximate surface area is 157 Å². The van der Waals surface area contributed by atoms with Crippen LogP contribution in [0.3, 0.4) is 0 Å². The van der Waals surface area contributed by atoms with E-state index in [0.717, 1.165) is 4.13 Å². The van der Waals surface area contributed by atoms with Crippen molar-refractivity contribution in [3.63, 3.8) is 0 Å². The van der Waals surface area contributed by atoms with Crippen LogP contribution in [0, 0.1) is 0 Å². The molecule has 0 amide bonds. The van der Waals surface area contributed by atoms with Gasteiger partial charge in [0.1, 0.15) is 0 Å². The van der Waals surface area contributed by atoms with Gasteiger partial charge in [-0.25, -0.2) is 16.8 Å². The third kappa shape index (κ3) is 9.76. The van der Waals surface area contributed by atoms with E-state index in [1.54, 1.807) is 6.16 Å². The minimum Gasteiger partial charge on any atom is -0.421 e. The molecule has 0 aliphatic carbocycles. The molecule has 0 heterocycles. The Morgan fingerprint density at radius 3 is 1.26 bits per heavy atom. The Morgan fingerprint density at radius 2 is 1.04 bits per heavy atom. The molecule has 0 N–H and O–H groups in total. The van der Waals surface area contributed by atoms with Crippen LogP contribution in [0.15, 0.2) is 0 Å². The predicted octanol–water partition coefficient (Wildman–Crippen LogP) is 5.31. The van der Waals surface area contributed by atoms with Gasteiger partial charge in [-0.1, -0.05) is 19.8 Å². The summed E-state index contributed by atoms with van der Waals surface area (Å²) in [6.45, 7) is 9.48. The van der Waals surface area contributed by atoms with Crippen LogP contribution in [0.2, 0.25) is 0 Å². The molecule has 0 aliphatic rings. The van der Waals surface area contributed by atoms with Gasteiger partial charge in [0.2, 0.25) is 0 Å². The summed E-state index contributed by atoms with van der Waals surface area (Å²) in [4.78, 5) is 0. The third-order valence-electron chi connectivity index (χ3n) is 4.03. The summed E-state index contributed by atoms with van der Waals surface area (Å²) in [5.41, 5.74) is -12.4. The smallest absolute Gasteiger partial charge is 0.421 e. The molecule has 0 fully saturated rings. The van der Waals surface area contributed by atoms with E-state index in [2.05, 4.69) is 27.7 Å². The maximum Gasteiger partial charge on any atom is 0.480 e. The van der Waals surface area contributed by atoms with Crippen LogP contribution in [0.1, 0.15) is 47.0 Å². The first-order valence-electron chi connectivity index (χ1n) is 8.17. The van der Waals surface area contributed by atoms with Crippen LogP contribution in [0.25, 0.3) is 4.13 Å². The van der Waals surface area contributed by atoms with E-state index in [4.69, 9.17) is 0 Å². The Kier molecular flexibility index (Phi) is 12.0. The SMILES string of the molecule is CCCCC[P+](CC)(CC)CC.O=S(=O)([N-]S(=O)(=O)C(F)(F)F)C(F)(F)F. The van der Waals surface area contributed by atoms with Gasteiger partial charge in [0.25, 0.3) is 0 Å². The number of rotatable bonds is 9. The summed E-state index contributed by atoms with van der Waals surface area (Å²) in [6.07, 6.45) is 10.3. The van der Waals surface area contributed by atoms with Crippen molar-refractivity contribution < 1.29 is 43.2 Å². The summed E-state index contributed by atoms with van der Waals surface area (Å²) in [5, 5.41) is 0. The van der Waals surface area contributed by atoms with Crippen molar-refractivity contribution in [3.8, 4) is 0 Å². The van der Waals surface area contributed by atoms with E-state index in [0.29, 0.717) is 0 Å². The van der Waals surface area contributed by atoms with Gasteiger partial charge in [-0.15, -0.1) is 0 Å². The maximum absolute atomic E-state index is 11.4. The Morgan fingerprint density at radius 1 is 0.704 bits per heavy atom. The molecule has 0 saturated heterocycles. The topological polar surface area (TPSA) is 82.4 Å². The van der Waals surface area contributed by atoms with Crippen molar-refractivity contribution >= 4 is 27.3 Å². The number of hydrogen-bond donors (Lipinski definition) is 0. The van der Waals surface area contributed by atoms with Crippen molar-refractivity contribution in [2.45, 2.75) is 58.0 Å². The lowest BCUT2D eigenvalue weighted by Crippen LogP contribution is -2.30. The van der Waals surface area contributed by atoms with E-state index in [1.807, 2.05) is 0 Å². The Bertz CT molecular complexity index is 578. The molecule has 5 nitrogen and oxygen atoms in total. The molecule has 0 aromatic rings. The highest BCUT2D eigenvalue weighted by Gasteiger charge is 2.46. The summed E-state index contributed by atoms with van der Waals surface area (Å²) >= 11 is 0. The lowest BCUT2D eigenvalue weighted by molar-refractivity contribution is -0.0444. The van der Waals surface area contributed by atoms with E-state index >= 15 is 0 Å². The summed E-state index contributed by atoms with van der Waals surface area (Å²) in [5.74, 6) is 0. The fraction of sp³-hybridized carbons (Fsp3) is 1.00. The number of hydrogen-bond acceptors (Lipinski definition) is 4. The first-order chi connectivity index (χ1) is 11.9. The maximum atomic E-state index is 11.4. The first-order valence-corrected chi connectivity index (χ1v) is 13.6. The van der Waals surface area contributed by atoms with Crippen LogP contribution < -0.4 is 0 Å². The lowest BCUT2D eigenvalue weighted by Gasteiger charge is -2.23. The summed E-state index contributed by atoms with van der Waals surface area (Å²) in [6, 6.07) is 0. The second-order valence-electron chi connectivity index (χ2n) is 5.64. The molecule has 166 valence electrons. The fourth-order valence-corrected chi connectivity index (χ4v) is 6.95. The van der Waals surface area contributed by atoms with Crippen molar-refractivity contribution in [1.29, 1.82) is 0 Å². The minimum atomic E-state index is -6.72. The number of sulfonamides is 2.